The van der Waals surface area contributed by atoms with E-state index in [0.717, 1.165) is 17.8 Å². The molecule has 3 heterocycles. The molecule has 0 amide bonds. The van der Waals surface area contributed by atoms with Crippen molar-refractivity contribution in [2.45, 2.75) is 19.4 Å². The normalized spacial score (nSPS) is 16.0. The highest BCUT2D eigenvalue weighted by atomic mass is 15.1. The summed E-state index contributed by atoms with van der Waals surface area (Å²) >= 11 is 0. The molecule has 2 aromatic heterocycles. The monoisotopic (exact) mass is 239 g/mol. The molecule has 0 radical (unpaired) electrons. The summed E-state index contributed by atoms with van der Waals surface area (Å²) in [4.78, 5) is 11.0. The lowest BCUT2D eigenvalue weighted by molar-refractivity contribution is 0.331. The van der Waals surface area contributed by atoms with Crippen LogP contribution in [0.4, 0.5) is 0 Å². The van der Waals surface area contributed by atoms with E-state index in [1.54, 1.807) is 12.4 Å². The Morgan fingerprint density at radius 1 is 1.00 bits per heavy atom. The van der Waals surface area contributed by atoms with Gasteiger partial charge in [-0.2, -0.15) is 0 Å². The number of likely N-dealkylation sites (tertiary alicyclic amines) is 1. The van der Waals surface area contributed by atoms with E-state index >= 15 is 0 Å². The number of nitrogens with zero attached hydrogens (tertiary/aromatic N) is 3. The molecule has 3 rings (SSSR count). The molecule has 2 aromatic rings. The Balaban J connectivity index is 1.72. The van der Waals surface area contributed by atoms with Crippen molar-refractivity contribution in [3.8, 4) is 11.3 Å². The molecule has 0 N–H and O–H groups in total. The molecule has 92 valence electrons. The quantitative estimate of drug-likeness (QED) is 0.824. The fraction of sp³-hybridized carbons (Fsp3) is 0.333. The van der Waals surface area contributed by atoms with E-state index in [1.165, 1.54) is 31.5 Å². The highest BCUT2D eigenvalue weighted by Crippen LogP contribution is 2.17. The van der Waals surface area contributed by atoms with Gasteiger partial charge in [-0.3, -0.25) is 14.9 Å². The first kappa shape index (κ1) is 11.4. The van der Waals surface area contributed by atoms with Crippen molar-refractivity contribution in [3.63, 3.8) is 0 Å². The summed E-state index contributed by atoms with van der Waals surface area (Å²) in [6.07, 6.45) is 8.27. The van der Waals surface area contributed by atoms with Gasteiger partial charge in [0, 0.05) is 30.7 Å². The molecule has 0 unspecified atom stereocenters. The third kappa shape index (κ3) is 2.57. The zero-order chi connectivity index (χ0) is 12.2. The topological polar surface area (TPSA) is 29.0 Å². The van der Waals surface area contributed by atoms with Gasteiger partial charge in [0.15, 0.2) is 0 Å². The van der Waals surface area contributed by atoms with Gasteiger partial charge in [0.25, 0.3) is 0 Å². The highest BCUT2D eigenvalue weighted by Gasteiger charge is 2.11. The van der Waals surface area contributed by atoms with Crippen molar-refractivity contribution >= 4 is 0 Å². The van der Waals surface area contributed by atoms with Crippen LogP contribution in [-0.2, 0) is 6.54 Å². The van der Waals surface area contributed by atoms with Crippen molar-refractivity contribution in [3.05, 3.63) is 48.4 Å². The van der Waals surface area contributed by atoms with Gasteiger partial charge in [0.1, 0.15) is 0 Å². The minimum Gasteiger partial charge on any atom is -0.299 e. The molecule has 0 spiro atoms. The van der Waals surface area contributed by atoms with E-state index in [2.05, 4.69) is 27.0 Å². The van der Waals surface area contributed by atoms with Gasteiger partial charge in [0.2, 0.25) is 0 Å². The van der Waals surface area contributed by atoms with Crippen LogP contribution in [0, 0.1) is 0 Å². The first-order chi connectivity index (χ1) is 8.92. The molecule has 18 heavy (non-hydrogen) atoms. The highest BCUT2D eigenvalue weighted by molar-refractivity contribution is 5.57. The van der Waals surface area contributed by atoms with Crippen molar-refractivity contribution in [2.24, 2.45) is 0 Å². The zero-order valence-corrected chi connectivity index (χ0v) is 10.4. The molecule has 3 heteroatoms. The molecule has 0 aliphatic carbocycles. The van der Waals surface area contributed by atoms with Gasteiger partial charge >= 0.3 is 0 Å². The average molecular weight is 239 g/mol. The average Bonchev–Trinajstić information content (AvgIpc) is 2.94. The molecule has 1 aliphatic heterocycles. The van der Waals surface area contributed by atoms with E-state index in [1.807, 2.05) is 18.3 Å². The SMILES string of the molecule is c1cc(-c2ccc(CN3CCCC3)cn2)ccn1. The second-order valence-electron chi connectivity index (χ2n) is 4.77. The Bertz CT molecular complexity index is 487. The molecule has 0 aromatic carbocycles. The standard InChI is InChI=1S/C15H17N3/c1-2-10-18(9-1)12-13-3-4-15(17-11-13)14-5-7-16-8-6-14/h3-8,11H,1-2,9-10,12H2. The fourth-order valence-corrected chi connectivity index (χ4v) is 2.41. The minimum absolute atomic E-state index is 1.02. The minimum atomic E-state index is 1.02. The smallest absolute Gasteiger partial charge is 0.0703 e. The summed E-state index contributed by atoms with van der Waals surface area (Å²) in [6, 6.07) is 8.26. The Hall–Kier alpha value is -1.74. The molecule has 3 nitrogen and oxygen atoms in total. The van der Waals surface area contributed by atoms with E-state index in [0.29, 0.717) is 0 Å². The predicted molar refractivity (Wildman–Crippen MR) is 72.0 cm³/mol. The maximum absolute atomic E-state index is 4.54. The Kier molecular flexibility index (Phi) is 3.33. The van der Waals surface area contributed by atoms with Gasteiger partial charge in [-0.1, -0.05) is 6.07 Å². The Labute approximate surface area is 108 Å². The molecular formula is C15H17N3. The van der Waals surface area contributed by atoms with E-state index < -0.39 is 0 Å². The van der Waals surface area contributed by atoms with E-state index in [9.17, 15) is 0 Å². The van der Waals surface area contributed by atoms with E-state index in [4.69, 9.17) is 0 Å². The first-order valence-electron chi connectivity index (χ1n) is 6.49. The molecule has 0 bridgehead atoms. The molecule has 1 saturated heterocycles. The second-order valence-corrected chi connectivity index (χ2v) is 4.77. The third-order valence-electron chi connectivity index (χ3n) is 3.41. The van der Waals surface area contributed by atoms with Crippen LogP contribution in [0.5, 0.6) is 0 Å². The summed E-state index contributed by atoms with van der Waals surface area (Å²) in [6.45, 7) is 3.49. The number of hydrogen-bond acceptors (Lipinski definition) is 3. The van der Waals surface area contributed by atoms with Crippen LogP contribution in [0.2, 0.25) is 0 Å². The fourth-order valence-electron chi connectivity index (χ4n) is 2.41. The van der Waals surface area contributed by atoms with Crippen molar-refractivity contribution in [2.75, 3.05) is 13.1 Å². The molecule has 1 aliphatic rings. The van der Waals surface area contributed by atoms with Crippen molar-refractivity contribution < 1.29 is 0 Å². The van der Waals surface area contributed by atoms with E-state index in [-0.39, 0.29) is 0 Å². The zero-order valence-electron chi connectivity index (χ0n) is 10.4. The molecule has 0 saturated carbocycles. The van der Waals surface area contributed by atoms with Gasteiger partial charge < -0.3 is 0 Å². The largest absolute Gasteiger partial charge is 0.299 e. The van der Waals surface area contributed by atoms with Crippen LogP contribution in [0.15, 0.2) is 42.9 Å². The first-order valence-corrected chi connectivity index (χ1v) is 6.49. The van der Waals surface area contributed by atoms with Crippen LogP contribution < -0.4 is 0 Å². The molecule has 1 fully saturated rings. The van der Waals surface area contributed by atoms with Crippen molar-refractivity contribution in [1.82, 2.24) is 14.9 Å². The Morgan fingerprint density at radius 2 is 1.78 bits per heavy atom. The van der Waals surface area contributed by atoms with Crippen molar-refractivity contribution in [1.29, 1.82) is 0 Å². The lowest BCUT2D eigenvalue weighted by Crippen LogP contribution is -2.18. The third-order valence-corrected chi connectivity index (χ3v) is 3.41. The van der Waals surface area contributed by atoms with Gasteiger partial charge in [-0.25, -0.2) is 0 Å². The number of rotatable bonds is 3. The lowest BCUT2D eigenvalue weighted by Gasteiger charge is -2.14. The van der Waals surface area contributed by atoms with Gasteiger partial charge in [-0.05, 0) is 49.7 Å². The Morgan fingerprint density at radius 3 is 2.44 bits per heavy atom. The number of aromatic nitrogens is 2. The van der Waals surface area contributed by atoms with Gasteiger partial charge in [-0.15, -0.1) is 0 Å². The summed E-state index contributed by atoms with van der Waals surface area (Å²) < 4.78 is 0. The molecule has 0 atom stereocenters. The van der Waals surface area contributed by atoms with Crippen LogP contribution in [0.25, 0.3) is 11.3 Å². The number of hydrogen-bond donors (Lipinski definition) is 0. The summed E-state index contributed by atoms with van der Waals surface area (Å²) in [7, 11) is 0. The maximum Gasteiger partial charge on any atom is 0.0703 e. The van der Waals surface area contributed by atoms with Crippen LogP contribution in [0.3, 0.4) is 0 Å². The summed E-state index contributed by atoms with van der Waals surface area (Å²) in [5.41, 5.74) is 3.44. The van der Waals surface area contributed by atoms with Gasteiger partial charge in [0.05, 0.1) is 5.69 Å². The molecular weight excluding hydrogens is 222 g/mol. The summed E-state index contributed by atoms with van der Waals surface area (Å²) in [5.74, 6) is 0. The lowest BCUT2D eigenvalue weighted by atomic mass is 10.1. The predicted octanol–water partition coefficient (Wildman–Crippen LogP) is 2.74. The van der Waals surface area contributed by atoms with Crippen LogP contribution in [0.1, 0.15) is 18.4 Å². The summed E-state index contributed by atoms with van der Waals surface area (Å²) in [5, 5.41) is 0. The second kappa shape index (κ2) is 5.27. The maximum atomic E-state index is 4.54. The van der Waals surface area contributed by atoms with Crippen LogP contribution in [-0.4, -0.2) is 28.0 Å². The number of pyridine rings is 2. The van der Waals surface area contributed by atoms with Crippen LogP contribution >= 0.6 is 0 Å².